The Hall–Kier alpha value is -2.90. The molecule has 6 atom stereocenters. The van der Waals surface area contributed by atoms with Gasteiger partial charge in [0.05, 0.1) is 10.9 Å². The first-order valence-electron chi connectivity index (χ1n) is 16.2. The third-order valence-electron chi connectivity index (χ3n) is 11.1. The van der Waals surface area contributed by atoms with Crippen LogP contribution in [0.5, 0.6) is 11.8 Å². The van der Waals surface area contributed by atoms with Gasteiger partial charge in [-0.15, -0.1) is 0 Å². The number of phenolic OH excluding ortho intramolecular Hbond substituents is 1. The Labute approximate surface area is 273 Å². The fourth-order valence-electron chi connectivity index (χ4n) is 9.28. The second kappa shape index (κ2) is 10.6. The molecule has 4 saturated heterocycles. The van der Waals surface area contributed by atoms with Crippen LogP contribution in [0.2, 0.25) is 0 Å². The molecule has 45 heavy (non-hydrogen) atoms. The molecule has 2 aromatic carbocycles. The minimum Gasteiger partial charge on any atom is -0.508 e. The molecule has 1 saturated carbocycles. The van der Waals surface area contributed by atoms with Crippen molar-refractivity contribution in [2.45, 2.75) is 74.8 Å². The van der Waals surface area contributed by atoms with E-state index in [0.717, 1.165) is 53.1 Å². The molecule has 11 heteroatoms. The van der Waals surface area contributed by atoms with E-state index in [1.165, 1.54) is 12.8 Å². The number of rotatable bonds is 5. The van der Waals surface area contributed by atoms with Crippen molar-refractivity contribution in [3.8, 4) is 23.0 Å². The van der Waals surface area contributed by atoms with Crippen molar-refractivity contribution < 1.29 is 18.6 Å². The van der Waals surface area contributed by atoms with E-state index in [0.29, 0.717) is 53.8 Å². The molecule has 234 valence electrons. The highest BCUT2D eigenvalue weighted by Crippen LogP contribution is 2.52. The molecule has 0 spiro atoms. The second-order valence-corrected chi connectivity index (χ2v) is 15.0. The summed E-state index contributed by atoms with van der Waals surface area (Å²) in [6.07, 6.45) is 7.86. The number of fused-ring (bicyclic) bond motifs is 7. The molecule has 4 aliphatic heterocycles. The SMILES string of the molecule is Oc1cc(-c2ncc3c(N4CC5CCC(C4)N5)nc(OC[C@@]45C[C@H](F)CN4[C@@H]4CCC[C@@H]4C5)nc3c2F)c2c(I)cccc2c1. The lowest BCUT2D eigenvalue weighted by Crippen LogP contribution is -2.51. The van der Waals surface area contributed by atoms with E-state index in [1.54, 1.807) is 18.3 Å². The van der Waals surface area contributed by atoms with E-state index < -0.39 is 12.0 Å². The summed E-state index contributed by atoms with van der Waals surface area (Å²) in [6.45, 7) is 2.25. The maximum absolute atomic E-state index is 16.8. The van der Waals surface area contributed by atoms with Gasteiger partial charge in [0, 0.05) is 64.9 Å². The summed E-state index contributed by atoms with van der Waals surface area (Å²) in [7, 11) is 0. The summed E-state index contributed by atoms with van der Waals surface area (Å²) in [5.74, 6) is 0.661. The van der Waals surface area contributed by atoms with Crippen molar-refractivity contribution >= 4 is 50.1 Å². The standard InChI is InChI=1S/C34H35F2IN6O2/c35-20-12-34(11-19-4-2-6-27(19)43(34)14-20)17-45-33-40-31-25(32(41-33)42-15-21-7-8-22(16-42)39-21)13-38-30(29(31)36)24-10-23(44)9-18-3-1-5-26(37)28(18)24/h1,3,5,9-10,13,19-22,27,39,44H,2,4,6-8,11-12,14-17H2/t19-,20+,21?,22?,27-,34-/m1/s1. The highest BCUT2D eigenvalue weighted by Gasteiger charge is 2.58. The van der Waals surface area contributed by atoms with Crippen LogP contribution >= 0.6 is 22.6 Å². The summed E-state index contributed by atoms with van der Waals surface area (Å²) in [4.78, 5) is 18.8. The van der Waals surface area contributed by atoms with Crippen molar-refractivity contribution in [1.82, 2.24) is 25.2 Å². The minimum absolute atomic E-state index is 0.0392. The van der Waals surface area contributed by atoms with Crippen LogP contribution in [0.3, 0.4) is 0 Å². The molecule has 2 bridgehead atoms. The Morgan fingerprint density at radius 1 is 1.07 bits per heavy atom. The zero-order valence-corrected chi connectivity index (χ0v) is 27.0. The largest absolute Gasteiger partial charge is 0.508 e. The molecule has 2 unspecified atom stereocenters. The summed E-state index contributed by atoms with van der Waals surface area (Å²) < 4.78 is 39.1. The second-order valence-electron chi connectivity index (χ2n) is 13.8. The van der Waals surface area contributed by atoms with Crippen LogP contribution in [-0.2, 0) is 0 Å². The average molecular weight is 725 g/mol. The van der Waals surface area contributed by atoms with Gasteiger partial charge in [-0.05, 0) is 84.2 Å². The van der Waals surface area contributed by atoms with Crippen LogP contribution in [0, 0.1) is 15.3 Å². The smallest absolute Gasteiger partial charge is 0.319 e. The first-order valence-corrected chi connectivity index (χ1v) is 17.3. The number of pyridine rings is 1. The lowest BCUT2D eigenvalue weighted by Gasteiger charge is -2.35. The number of hydrogen-bond acceptors (Lipinski definition) is 8. The van der Waals surface area contributed by atoms with Crippen LogP contribution in [-0.4, -0.2) is 81.0 Å². The van der Waals surface area contributed by atoms with E-state index in [4.69, 9.17) is 14.7 Å². The lowest BCUT2D eigenvalue weighted by molar-refractivity contribution is 0.0832. The van der Waals surface area contributed by atoms with Crippen molar-refractivity contribution in [3.63, 3.8) is 0 Å². The quantitative estimate of drug-likeness (QED) is 0.244. The number of alkyl halides is 1. The minimum atomic E-state index is -0.870. The van der Waals surface area contributed by atoms with Crippen molar-refractivity contribution in [2.75, 3.05) is 31.1 Å². The summed E-state index contributed by atoms with van der Waals surface area (Å²) >= 11 is 2.23. The van der Waals surface area contributed by atoms with Gasteiger partial charge in [-0.25, -0.2) is 8.78 Å². The Morgan fingerprint density at radius 3 is 2.76 bits per heavy atom. The molecule has 1 aliphatic carbocycles. The van der Waals surface area contributed by atoms with Crippen LogP contribution < -0.4 is 15.0 Å². The molecule has 5 aliphatic rings. The van der Waals surface area contributed by atoms with Crippen LogP contribution in [0.15, 0.2) is 36.5 Å². The highest BCUT2D eigenvalue weighted by atomic mass is 127. The summed E-state index contributed by atoms with van der Waals surface area (Å²) in [5.41, 5.74) is 0.388. The lowest BCUT2D eigenvalue weighted by atomic mass is 9.89. The number of aromatic nitrogens is 3. The third-order valence-corrected chi connectivity index (χ3v) is 12.0. The molecule has 2 N–H and O–H groups in total. The third kappa shape index (κ3) is 4.58. The summed E-state index contributed by atoms with van der Waals surface area (Å²) in [5, 5.41) is 16.4. The van der Waals surface area contributed by atoms with E-state index >= 15 is 4.39 Å². The number of benzene rings is 2. The highest BCUT2D eigenvalue weighted by molar-refractivity contribution is 14.1. The van der Waals surface area contributed by atoms with Gasteiger partial charge >= 0.3 is 6.01 Å². The van der Waals surface area contributed by atoms with Crippen LogP contribution in [0.1, 0.15) is 44.9 Å². The average Bonchev–Trinajstić information content (AvgIpc) is 3.76. The van der Waals surface area contributed by atoms with Gasteiger partial charge in [0.25, 0.3) is 0 Å². The zero-order chi connectivity index (χ0) is 30.4. The first-order chi connectivity index (χ1) is 21.8. The number of hydrogen-bond donors (Lipinski definition) is 2. The van der Waals surface area contributed by atoms with E-state index in [1.807, 2.05) is 18.2 Å². The molecule has 6 heterocycles. The van der Waals surface area contributed by atoms with Crippen LogP contribution in [0.25, 0.3) is 32.9 Å². The molecule has 9 rings (SSSR count). The number of halogens is 3. The van der Waals surface area contributed by atoms with Crippen molar-refractivity contribution in [1.29, 1.82) is 0 Å². The van der Waals surface area contributed by atoms with Gasteiger partial charge < -0.3 is 20.1 Å². The number of aromatic hydroxyl groups is 1. The Morgan fingerprint density at radius 2 is 1.91 bits per heavy atom. The molecule has 0 amide bonds. The molecule has 8 nitrogen and oxygen atoms in total. The van der Waals surface area contributed by atoms with Gasteiger partial charge in [-0.2, -0.15) is 9.97 Å². The van der Waals surface area contributed by atoms with E-state index in [2.05, 4.69) is 42.7 Å². The van der Waals surface area contributed by atoms with Gasteiger partial charge in [-0.1, -0.05) is 18.6 Å². The van der Waals surface area contributed by atoms with Gasteiger partial charge in [0.15, 0.2) is 5.82 Å². The molecular formula is C34H35F2IN6O2. The normalized spacial score (nSPS) is 30.8. The molecule has 0 radical (unpaired) electrons. The molecule has 5 fully saturated rings. The fraction of sp³-hybridized carbons (Fsp3) is 0.500. The number of piperazine rings is 1. The number of nitrogens with zero attached hydrogens (tertiary/aromatic N) is 5. The zero-order valence-electron chi connectivity index (χ0n) is 24.9. The van der Waals surface area contributed by atoms with E-state index in [-0.39, 0.29) is 35.1 Å². The number of ether oxygens (including phenoxy) is 1. The molecule has 2 aromatic heterocycles. The molecule has 4 aromatic rings. The van der Waals surface area contributed by atoms with E-state index in [9.17, 15) is 9.50 Å². The van der Waals surface area contributed by atoms with Crippen molar-refractivity contribution in [2.24, 2.45) is 5.92 Å². The fourth-order valence-corrected chi connectivity index (χ4v) is 10.1. The molecular weight excluding hydrogens is 689 g/mol. The first kappa shape index (κ1) is 28.3. The van der Waals surface area contributed by atoms with Crippen LogP contribution in [0.4, 0.5) is 14.6 Å². The van der Waals surface area contributed by atoms with Gasteiger partial charge in [-0.3, -0.25) is 9.88 Å². The number of nitrogens with one attached hydrogen (secondary N) is 1. The maximum Gasteiger partial charge on any atom is 0.319 e. The number of anilines is 1. The Balaban J connectivity index is 1.15. The topological polar surface area (TPSA) is 86.6 Å². The van der Waals surface area contributed by atoms with Gasteiger partial charge in [0.2, 0.25) is 0 Å². The monoisotopic (exact) mass is 724 g/mol. The van der Waals surface area contributed by atoms with Crippen molar-refractivity contribution in [3.05, 3.63) is 45.9 Å². The Bertz CT molecular complexity index is 1830. The summed E-state index contributed by atoms with van der Waals surface area (Å²) in [6, 6.07) is 10.2. The Kier molecular flexibility index (Phi) is 6.65. The maximum atomic E-state index is 16.8. The van der Waals surface area contributed by atoms with Gasteiger partial charge in [0.1, 0.15) is 35.6 Å². The predicted molar refractivity (Wildman–Crippen MR) is 177 cm³/mol. The number of phenols is 1. The predicted octanol–water partition coefficient (Wildman–Crippen LogP) is 5.97.